The first-order valence-electron chi connectivity index (χ1n) is 12.0. The van der Waals surface area contributed by atoms with Crippen molar-refractivity contribution in [2.24, 2.45) is 5.92 Å². The largest absolute Gasteiger partial charge is 0.483 e. The molecule has 6 nitrogen and oxygen atoms in total. The highest BCUT2D eigenvalue weighted by Gasteiger charge is 2.35. The van der Waals surface area contributed by atoms with E-state index in [4.69, 9.17) is 4.74 Å². The fourth-order valence-corrected chi connectivity index (χ4v) is 6.03. The second-order valence-corrected chi connectivity index (χ2v) is 9.86. The van der Waals surface area contributed by atoms with Crippen molar-refractivity contribution in [3.05, 3.63) is 66.2 Å². The van der Waals surface area contributed by atoms with Crippen molar-refractivity contribution in [2.75, 3.05) is 12.3 Å². The van der Waals surface area contributed by atoms with E-state index in [1.54, 1.807) is 18.2 Å². The Labute approximate surface area is 203 Å². The zero-order chi connectivity index (χ0) is 23.3. The van der Waals surface area contributed by atoms with E-state index in [9.17, 15) is 9.18 Å². The van der Waals surface area contributed by atoms with E-state index < -0.39 is 5.82 Å². The Kier molecular flexibility index (Phi) is 7.13. The van der Waals surface area contributed by atoms with Gasteiger partial charge in [-0.05, 0) is 55.9 Å². The molecule has 2 atom stereocenters. The molecule has 0 unspecified atom stereocenters. The summed E-state index contributed by atoms with van der Waals surface area (Å²) < 4.78 is 21.6. The number of para-hydroxylation sites is 2. The Bertz CT molecular complexity index is 1120. The first-order valence-corrected chi connectivity index (χ1v) is 13.0. The third-order valence-corrected chi connectivity index (χ3v) is 7.71. The number of fused-ring (bicyclic) bond motifs is 1. The number of piperidine rings is 1. The number of carbonyl (C=O) groups excluding carboxylic acids is 1. The molecule has 0 spiro atoms. The van der Waals surface area contributed by atoms with Crippen LogP contribution in [0.5, 0.6) is 5.75 Å². The van der Waals surface area contributed by atoms with Gasteiger partial charge < -0.3 is 9.64 Å². The maximum Gasteiger partial charge on any atom is 0.233 e. The monoisotopic (exact) mass is 480 g/mol. The molecule has 1 saturated carbocycles. The van der Waals surface area contributed by atoms with Crippen LogP contribution in [-0.4, -0.2) is 43.9 Å². The van der Waals surface area contributed by atoms with Crippen LogP contribution in [0.2, 0.25) is 0 Å². The van der Waals surface area contributed by atoms with Gasteiger partial charge >= 0.3 is 0 Å². The lowest BCUT2D eigenvalue weighted by molar-refractivity contribution is -0.134. The fourth-order valence-electron chi connectivity index (χ4n) is 5.17. The van der Waals surface area contributed by atoms with Gasteiger partial charge in [-0.2, -0.15) is 0 Å². The van der Waals surface area contributed by atoms with Gasteiger partial charge in [-0.1, -0.05) is 54.9 Å². The third-order valence-electron chi connectivity index (χ3n) is 6.80. The number of rotatable bonds is 7. The zero-order valence-electron chi connectivity index (χ0n) is 19.1. The minimum Gasteiger partial charge on any atom is -0.483 e. The van der Waals surface area contributed by atoms with E-state index in [2.05, 4.69) is 15.1 Å². The van der Waals surface area contributed by atoms with Crippen molar-refractivity contribution in [3.8, 4) is 11.4 Å². The van der Waals surface area contributed by atoms with Gasteiger partial charge in [-0.15, -0.1) is 10.2 Å². The summed E-state index contributed by atoms with van der Waals surface area (Å²) in [5.74, 6) is 1.45. The molecule has 2 heterocycles. The number of ether oxygens (including phenoxy) is 1. The summed E-state index contributed by atoms with van der Waals surface area (Å²) in [5.41, 5.74) is 0.875. The molecule has 1 aliphatic carbocycles. The van der Waals surface area contributed by atoms with Gasteiger partial charge in [0.1, 0.15) is 6.61 Å². The van der Waals surface area contributed by atoms with Gasteiger partial charge in [-0.25, -0.2) is 4.39 Å². The Hall–Kier alpha value is -2.87. The van der Waals surface area contributed by atoms with Crippen LogP contribution in [0.15, 0.2) is 59.8 Å². The van der Waals surface area contributed by atoms with Gasteiger partial charge in [0.15, 0.2) is 22.5 Å². The van der Waals surface area contributed by atoms with Crippen LogP contribution in [0.1, 0.15) is 44.3 Å². The standard InChI is InChI=1S/C26H29FN4O2S/c27-21-13-5-7-15-23(21)33-17-24-28-29-26(31(24)20-11-2-1-3-12-20)34-18-25(32)30-16-8-10-19-9-4-6-14-22(19)30/h1-3,5,7,11-13,15,19,22H,4,6,8-10,14,16-18H2/t19-,22-/m0/s1. The van der Waals surface area contributed by atoms with E-state index >= 15 is 0 Å². The van der Waals surface area contributed by atoms with Crippen molar-refractivity contribution >= 4 is 17.7 Å². The smallest absolute Gasteiger partial charge is 0.233 e. The lowest BCUT2D eigenvalue weighted by atomic mass is 9.78. The summed E-state index contributed by atoms with van der Waals surface area (Å²) in [4.78, 5) is 15.3. The van der Waals surface area contributed by atoms with E-state index in [-0.39, 0.29) is 18.3 Å². The molecule has 5 rings (SSSR count). The number of nitrogens with zero attached hydrogens (tertiary/aromatic N) is 4. The third kappa shape index (κ3) is 4.97. The molecular formula is C26H29FN4O2S. The van der Waals surface area contributed by atoms with E-state index in [1.807, 2.05) is 34.9 Å². The molecule has 1 saturated heterocycles. The molecule has 2 aliphatic rings. The Morgan fingerprint density at radius 1 is 1.00 bits per heavy atom. The second-order valence-electron chi connectivity index (χ2n) is 8.92. The van der Waals surface area contributed by atoms with Crippen molar-refractivity contribution < 1.29 is 13.9 Å². The molecular weight excluding hydrogens is 451 g/mol. The predicted molar refractivity (Wildman–Crippen MR) is 130 cm³/mol. The highest BCUT2D eigenvalue weighted by molar-refractivity contribution is 7.99. The fraction of sp³-hybridized carbons (Fsp3) is 0.423. The van der Waals surface area contributed by atoms with Crippen molar-refractivity contribution in [3.63, 3.8) is 0 Å². The summed E-state index contributed by atoms with van der Waals surface area (Å²) in [5, 5.41) is 9.30. The zero-order valence-corrected chi connectivity index (χ0v) is 19.9. The number of amides is 1. The first-order chi connectivity index (χ1) is 16.7. The number of aromatic nitrogens is 3. The molecule has 178 valence electrons. The highest BCUT2D eigenvalue weighted by atomic mass is 32.2. The molecule has 1 amide bonds. The van der Waals surface area contributed by atoms with Gasteiger partial charge in [0.25, 0.3) is 0 Å². The number of hydrogen-bond donors (Lipinski definition) is 0. The molecule has 1 aliphatic heterocycles. The molecule has 0 bridgehead atoms. The minimum absolute atomic E-state index is 0.0627. The second kappa shape index (κ2) is 10.6. The van der Waals surface area contributed by atoms with E-state index in [0.29, 0.717) is 28.7 Å². The first kappa shape index (κ1) is 22.9. The number of halogens is 1. The van der Waals surface area contributed by atoms with Crippen LogP contribution >= 0.6 is 11.8 Å². The average molecular weight is 481 g/mol. The van der Waals surface area contributed by atoms with Gasteiger partial charge in [0.2, 0.25) is 5.91 Å². The van der Waals surface area contributed by atoms with E-state index in [0.717, 1.165) is 25.1 Å². The minimum atomic E-state index is -0.420. The lowest BCUT2D eigenvalue weighted by Gasteiger charge is -2.44. The SMILES string of the molecule is O=C(CSc1nnc(COc2ccccc2F)n1-c1ccccc1)N1CCC[C@@H]2CCCC[C@@H]21. The van der Waals surface area contributed by atoms with Crippen LogP contribution < -0.4 is 4.74 Å². The normalized spacial score (nSPS) is 20.1. The van der Waals surface area contributed by atoms with Gasteiger partial charge in [0.05, 0.1) is 5.75 Å². The topological polar surface area (TPSA) is 60.2 Å². The Morgan fingerprint density at radius 3 is 2.62 bits per heavy atom. The summed E-state index contributed by atoms with van der Waals surface area (Å²) >= 11 is 1.40. The Morgan fingerprint density at radius 2 is 1.76 bits per heavy atom. The summed E-state index contributed by atoms with van der Waals surface area (Å²) in [6.07, 6.45) is 7.21. The van der Waals surface area contributed by atoms with Crippen molar-refractivity contribution in [2.45, 2.75) is 56.3 Å². The maximum atomic E-state index is 14.0. The van der Waals surface area contributed by atoms with Crippen LogP contribution in [0.3, 0.4) is 0 Å². The molecule has 0 N–H and O–H groups in total. The van der Waals surface area contributed by atoms with Crippen LogP contribution in [-0.2, 0) is 11.4 Å². The summed E-state index contributed by atoms with van der Waals surface area (Å²) in [6, 6.07) is 16.4. The molecule has 3 aromatic rings. The molecule has 34 heavy (non-hydrogen) atoms. The Balaban J connectivity index is 1.32. The van der Waals surface area contributed by atoms with Crippen LogP contribution in [0, 0.1) is 11.7 Å². The van der Waals surface area contributed by atoms with Crippen molar-refractivity contribution in [1.82, 2.24) is 19.7 Å². The lowest BCUT2D eigenvalue weighted by Crippen LogP contribution is -2.50. The van der Waals surface area contributed by atoms with Crippen LogP contribution in [0.25, 0.3) is 5.69 Å². The quantitative estimate of drug-likeness (QED) is 0.432. The molecule has 0 radical (unpaired) electrons. The number of carbonyl (C=O) groups is 1. The number of benzene rings is 2. The van der Waals surface area contributed by atoms with Crippen LogP contribution in [0.4, 0.5) is 4.39 Å². The molecule has 2 fully saturated rings. The molecule has 1 aromatic heterocycles. The molecule has 8 heteroatoms. The maximum absolute atomic E-state index is 14.0. The summed E-state index contributed by atoms with van der Waals surface area (Å²) in [7, 11) is 0. The number of hydrogen-bond acceptors (Lipinski definition) is 5. The average Bonchev–Trinajstić information content (AvgIpc) is 3.29. The van der Waals surface area contributed by atoms with Gasteiger partial charge in [-0.3, -0.25) is 9.36 Å². The highest BCUT2D eigenvalue weighted by Crippen LogP contribution is 2.36. The van der Waals surface area contributed by atoms with Crippen molar-refractivity contribution in [1.29, 1.82) is 0 Å². The number of likely N-dealkylation sites (tertiary alicyclic amines) is 1. The van der Waals surface area contributed by atoms with Gasteiger partial charge in [0, 0.05) is 18.3 Å². The summed E-state index contributed by atoms with van der Waals surface area (Å²) in [6.45, 7) is 0.918. The predicted octanol–water partition coefficient (Wildman–Crippen LogP) is 5.26. The van der Waals surface area contributed by atoms with E-state index in [1.165, 1.54) is 43.5 Å². The number of thioether (sulfide) groups is 1. The molecule has 2 aromatic carbocycles.